The molecule has 1 aliphatic rings. The first-order valence-corrected chi connectivity index (χ1v) is 10.1. The SMILES string of the molecule is CCSc1nnc(NC(=O)c2nn(-c3ccc(F)cc3)c3c2CCC3)s1. The third-order valence-electron chi connectivity index (χ3n) is 4.11. The monoisotopic (exact) mass is 389 g/mol. The summed E-state index contributed by atoms with van der Waals surface area (Å²) >= 11 is 2.94. The van der Waals surface area contributed by atoms with Crippen LogP contribution in [0, 0.1) is 5.82 Å². The Bertz CT molecular complexity index is 951. The number of carbonyl (C=O) groups excluding carboxylic acids is 1. The van der Waals surface area contributed by atoms with E-state index >= 15 is 0 Å². The van der Waals surface area contributed by atoms with Crippen molar-refractivity contribution >= 4 is 34.1 Å². The van der Waals surface area contributed by atoms with Gasteiger partial charge in [0.15, 0.2) is 10.0 Å². The molecule has 1 aromatic carbocycles. The molecule has 4 rings (SSSR count). The van der Waals surface area contributed by atoms with Crippen LogP contribution in [-0.4, -0.2) is 31.6 Å². The summed E-state index contributed by atoms with van der Waals surface area (Å²) in [7, 11) is 0. The van der Waals surface area contributed by atoms with Crippen LogP contribution < -0.4 is 5.32 Å². The Morgan fingerprint density at radius 3 is 2.88 bits per heavy atom. The summed E-state index contributed by atoms with van der Waals surface area (Å²) in [6, 6.07) is 6.13. The second-order valence-electron chi connectivity index (χ2n) is 5.78. The molecule has 26 heavy (non-hydrogen) atoms. The lowest BCUT2D eigenvalue weighted by Gasteiger charge is -2.05. The number of carbonyl (C=O) groups is 1. The van der Waals surface area contributed by atoms with E-state index in [-0.39, 0.29) is 11.7 Å². The molecule has 0 spiro atoms. The number of hydrogen-bond acceptors (Lipinski definition) is 6. The summed E-state index contributed by atoms with van der Waals surface area (Å²) in [6.07, 6.45) is 2.64. The van der Waals surface area contributed by atoms with Crippen molar-refractivity contribution in [1.82, 2.24) is 20.0 Å². The second kappa shape index (κ2) is 7.16. The fraction of sp³-hybridized carbons (Fsp3) is 0.294. The number of amides is 1. The van der Waals surface area contributed by atoms with Crippen molar-refractivity contribution in [1.29, 1.82) is 0 Å². The first kappa shape index (κ1) is 17.2. The minimum atomic E-state index is -0.299. The van der Waals surface area contributed by atoms with E-state index in [2.05, 4.69) is 20.6 Å². The maximum absolute atomic E-state index is 13.2. The molecule has 6 nitrogen and oxygen atoms in total. The third kappa shape index (κ3) is 3.24. The number of nitrogens with zero attached hydrogens (tertiary/aromatic N) is 4. The summed E-state index contributed by atoms with van der Waals surface area (Å²) < 4.78 is 15.8. The van der Waals surface area contributed by atoms with Gasteiger partial charge in [-0.25, -0.2) is 9.07 Å². The molecule has 134 valence electrons. The van der Waals surface area contributed by atoms with Gasteiger partial charge < -0.3 is 0 Å². The van der Waals surface area contributed by atoms with E-state index in [1.165, 1.54) is 23.5 Å². The normalized spacial score (nSPS) is 13.0. The Balaban J connectivity index is 1.63. The number of fused-ring (bicyclic) bond motifs is 1. The van der Waals surface area contributed by atoms with E-state index in [0.29, 0.717) is 10.8 Å². The first-order chi connectivity index (χ1) is 12.7. The van der Waals surface area contributed by atoms with E-state index in [4.69, 9.17) is 0 Å². The van der Waals surface area contributed by atoms with Gasteiger partial charge in [0.25, 0.3) is 5.91 Å². The average Bonchev–Trinajstić information content (AvgIpc) is 3.33. The molecule has 0 radical (unpaired) electrons. The van der Waals surface area contributed by atoms with Gasteiger partial charge in [-0.2, -0.15) is 5.10 Å². The first-order valence-electron chi connectivity index (χ1n) is 8.30. The predicted molar refractivity (Wildman–Crippen MR) is 99.8 cm³/mol. The summed E-state index contributed by atoms with van der Waals surface area (Å²) in [4.78, 5) is 12.7. The van der Waals surface area contributed by atoms with E-state index in [9.17, 15) is 9.18 Å². The van der Waals surface area contributed by atoms with Crippen LogP contribution in [0.5, 0.6) is 0 Å². The molecule has 1 amide bonds. The number of rotatable bonds is 5. The van der Waals surface area contributed by atoms with Crippen LogP contribution in [0.25, 0.3) is 5.69 Å². The Morgan fingerprint density at radius 1 is 1.31 bits per heavy atom. The van der Waals surface area contributed by atoms with Crippen molar-refractivity contribution in [2.75, 3.05) is 11.1 Å². The molecule has 1 N–H and O–H groups in total. The van der Waals surface area contributed by atoms with Crippen LogP contribution in [0.4, 0.5) is 9.52 Å². The lowest BCUT2D eigenvalue weighted by atomic mass is 10.2. The molecule has 2 aromatic heterocycles. The third-order valence-corrected chi connectivity index (χ3v) is 5.97. The van der Waals surface area contributed by atoms with Crippen LogP contribution in [0.1, 0.15) is 35.1 Å². The average molecular weight is 389 g/mol. The van der Waals surface area contributed by atoms with Crippen molar-refractivity contribution in [2.45, 2.75) is 30.5 Å². The van der Waals surface area contributed by atoms with Crippen LogP contribution >= 0.6 is 23.1 Å². The van der Waals surface area contributed by atoms with Crippen molar-refractivity contribution in [3.05, 3.63) is 47.0 Å². The van der Waals surface area contributed by atoms with Crippen molar-refractivity contribution in [2.24, 2.45) is 0 Å². The van der Waals surface area contributed by atoms with Crippen molar-refractivity contribution in [3.8, 4) is 5.69 Å². The number of halogens is 1. The highest BCUT2D eigenvalue weighted by molar-refractivity contribution is 8.01. The van der Waals surface area contributed by atoms with Crippen LogP contribution in [0.2, 0.25) is 0 Å². The standard InChI is InChI=1S/C17H16FN5OS2/c1-2-25-17-21-20-16(26-17)19-15(24)14-12-4-3-5-13(12)23(22-14)11-8-6-10(18)7-9-11/h6-9H,2-5H2,1H3,(H,19,20,24). The highest BCUT2D eigenvalue weighted by atomic mass is 32.2. The molecule has 1 aliphatic carbocycles. The summed E-state index contributed by atoms with van der Waals surface area (Å²) in [5, 5.41) is 15.8. The fourth-order valence-corrected chi connectivity index (χ4v) is 4.66. The topological polar surface area (TPSA) is 72.7 Å². The lowest BCUT2D eigenvalue weighted by molar-refractivity contribution is 0.102. The molecule has 0 aliphatic heterocycles. The van der Waals surface area contributed by atoms with E-state index < -0.39 is 0 Å². The Labute approximate surface area is 157 Å². The van der Waals surface area contributed by atoms with E-state index in [0.717, 1.165) is 46.3 Å². The zero-order valence-electron chi connectivity index (χ0n) is 14.0. The van der Waals surface area contributed by atoms with Crippen LogP contribution in [0.15, 0.2) is 28.6 Å². The largest absolute Gasteiger partial charge is 0.295 e. The van der Waals surface area contributed by atoms with E-state index in [1.54, 1.807) is 28.6 Å². The molecule has 9 heteroatoms. The highest BCUT2D eigenvalue weighted by Crippen LogP contribution is 2.29. The number of anilines is 1. The number of hydrogen-bond donors (Lipinski definition) is 1. The molecule has 0 saturated heterocycles. The predicted octanol–water partition coefficient (Wildman–Crippen LogP) is 3.72. The smallest absolute Gasteiger partial charge is 0.278 e. The van der Waals surface area contributed by atoms with Gasteiger partial charge in [-0.15, -0.1) is 10.2 Å². The maximum atomic E-state index is 13.2. The molecule has 2 heterocycles. The molecule has 0 unspecified atom stereocenters. The zero-order valence-corrected chi connectivity index (χ0v) is 15.7. The van der Waals surface area contributed by atoms with Gasteiger partial charge in [0.05, 0.1) is 5.69 Å². The van der Waals surface area contributed by atoms with Gasteiger partial charge in [-0.3, -0.25) is 10.1 Å². The summed E-state index contributed by atoms with van der Waals surface area (Å²) in [5.74, 6) is 0.318. The Kier molecular flexibility index (Phi) is 4.73. The van der Waals surface area contributed by atoms with Gasteiger partial charge in [0.1, 0.15) is 5.82 Å². The maximum Gasteiger partial charge on any atom is 0.278 e. The second-order valence-corrected chi connectivity index (χ2v) is 8.26. The molecule has 0 fully saturated rings. The molecular formula is C17H16FN5OS2. The number of aromatic nitrogens is 4. The molecule has 0 atom stereocenters. The minimum Gasteiger partial charge on any atom is -0.295 e. The van der Waals surface area contributed by atoms with Crippen molar-refractivity contribution in [3.63, 3.8) is 0 Å². The molecular weight excluding hydrogens is 373 g/mol. The number of thioether (sulfide) groups is 1. The van der Waals surface area contributed by atoms with Gasteiger partial charge in [0, 0.05) is 11.3 Å². The molecule has 0 bridgehead atoms. The highest BCUT2D eigenvalue weighted by Gasteiger charge is 2.27. The molecule has 0 saturated carbocycles. The molecule has 3 aromatic rings. The Morgan fingerprint density at radius 2 is 2.12 bits per heavy atom. The van der Waals surface area contributed by atoms with Crippen LogP contribution in [0.3, 0.4) is 0 Å². The van der Waals surface area contributed by atoms with E-state index in [1.807, 2.05) is 6.92 Å². The van der Waals surface area contributed by atoms with Crippen LogP contribution in [-0.2, 0) is 12.8 Å². The zero-order chi connectivity index (χ0) is 18.1. The number of nitrogens with one attached hydrogen (secondary N) is 1. The van der Waals surface area contributed by atoms with Gasteiger partial charge in [-0.05, 0) is 49.3 Å². The fourth-order valence-electron chi connectivity index (χ4n) is 3.01. The lowest BCUT2D eigenvalue weighted by Crippen LogP contribution is -2.14. The van der Waals surface area contributed by atoms with Gasteiger partial charge in [-0.1, -0.05) is 30.0 Å². The summed E-state index contributed by atoms with van der Waals surface area (Å²) in [5.41, 5.74) is 3.13. The van der Waals surface area contributed by atoms with Gasteiger partial charge >= 0.3 is 0 Å². The summed E-state index contributed by atoms with van der Waals surface area (Å²) in [6.45, 7) is 2.04. The quantitative estimate of drug-likeness (QED) is 0.532. The van der Waals surface area contributed by atoms with Gasteiger partial charge in [0.2, 0.25) is 5.13 Å². The minimum absolute atomic E-state index is 0.284. The Hall–Kier alpha value is -2.26. The van der Waals surface area contributed by atoms with Crippen molar-refractivity contribution < 1.29 is 9.18 Å². The number of benzene rings is 1.